The lowest BCUT2D eigenvalue weighted by atomic mass is 10.0. The number of amides is 8. The predicted molar refractivity (Wildman–Crippen MR) is 222 cm³/mol. The first-order valence-electron chi connectivity index (χ1n) is 19.1. The molecular formula is C36H53N15O8S. The largest absolute Gasteiger partial charge is 0.370 e. The molecule has 3 heterocycles. The number of aromatic amines is 1. The fraction of sp³-hybridized carbons (Fsp3) is 0.500. The molecule has 17 N–H and O–H groups in total. The number of piperazine rings is 1. The van der Waals surface area contributed by atoms with Gasteiger partial charge in [-0.25, -0.2) is 0 Å². The monoisotopic (exact) mass is 855 g/mol. The normalized spacial score (nSPS) is 18.9. The number of nitrogens with zero attached hydrogens (tertiary/aromatic N) is 4. The number of carbonyl (C=O) groups excluding carboxylic acids is 8. The van der Waals surface area contributed by atoms with Crippen LogP contribution < -0.4 is 55.7 Å². The minimum Gasteiger partial charge on any atom is -0.370 e. The number of hydrogen-bond donors (Lipinski definition) is 11. The Morgan fingerprint density at radius 2 is 1.50 bits per heavy atom. The quantitative estimate of drug-likeness (QED) is 0.0320. The average Bonchev–Trinajstić information content (AvgIpc) is 3.58. The molecule has 0 aliphatic carbocycles. The maximum atomic E-state index is 14.2. The summed E-state index contributed by atoms with van der Waals surface area (Å²) in [7, 11) is 0. The number of nitrogens with two attached hydrogens (primary N) is 6. The van der Waals surface area contributed by atoms with E-state index in [2.05, 4.69) is 36.2 Å². The molecule has 0 bridgehead atoms. The van der Waals surface area contributed by atoms with Gasteiger partial charge in [0.05, 0.1) is 24.9 Å². The molecule has 2 fully saturated rings. The summed E-state index contributed by atoms with van der Waals surface area (Å²) >= 11 is 1.19. The van der Waals surface area contributed by atoms with Gasteiger partial charge in [-0.3, -0.25) is 48.3 Å². The first kappa shape index (κ1) is 46.1. The lowest BCUT2D eigenvalue weighted by Crippen LogP contribution is -2.69. The fourth-order valence-corrected chi connectivity index (χ4v) is 8.24. The van der Waals surface area contributed by atoms with Crippen LogP contribution in [0.1, 0.15) is 44.6 Å². The molecule has 326 valence electrons. The van der Waals surface area contributed by atoms with Crippen molar-refractivity contribution in [2.45, 2.75) is 81.0 Å². The molecule has 6 atom stereocenters. The number of fused-ring (bicyclic) bond motifs is 2. The van der Waals surface area contributed by atoms with Crippen molar-refractivity contribution in [3.63, 3.8) is 0 Å². The Hall–Kier alpha value is -6.59. The van der Waals surface area contributed by atoms with Crippen molar-refractivity contribution in [2.75, 3.05) is 31.9 Å². The molecular weight excluding hydrogens is 803 g/mol. The molecule has 2 aromatic rings. The van der Waals surface area contributed by atoms with E-state index in [1.807, 2.05) is 24.3 Å². The predicted octanol–water partition coefficient (Wildman–Crippen LogP) is -4.75. The molecule has 0 unspecified atom stereocenters. The van der Waals surface area contributed by atoms with E-state index in [-0.39, 0.29) is 56.6 Å². The first-order valence-corrected chi connectivity index (χ1v) is 20.1. The van der Waals surface area contributed by atoms with Crippen LogP contribution in [0.4, 0.5) is 0 Å². The van der Waals surface area contributed by atoms with Gasteiger partial charge in [-0.05, 0) is 37.3 Å². The van der Waals surface area contributed by atoms with Gasteiger partial charge < -0.3 is 70.5 Å². The van der Waals surface area contributed by atoms with Gasteiger partial charge >= 0.3 is 0 Å². The molecule has 8 amide bonds. The van der Waals surface area contributed by atoms with Gasteiger partial charge in [-0.2, -0.15) is 0 Å². The number of H-pyrrole nitrogens is 1. The Morgan fingerprint density at radius 1 is 0.850 bits per heavy atom. The van der Waals surface area contributed by atoms with E-state index in [1.54, 1.807) is 6.20 Å². The average molecular weight is 856 g/mol. The summed E-state index contributed by atoms with van der Waals surface area (Å²) in [5.74, 6) is -5.99. The highest BCUT2D eigenvalue weighted by Crippen LogP contribution is 2.32. The molecule has 2 aliphatic rings. The second-order valence-corrected chi connectivity index (χ2v) is 15.5. The van der Waals surface area contributed by atoms with Gasteiger partial charge in [-0.15, -0.1) is 11.8 Å². The molecule has 2 aliphatic heterocycles. The van der Waals surface area contributed by atoms with Crippen LogP contribution in [0.5, 0.6) is 0 Å². The van der Waals surface area contributed by atoms with E-state index in [0.29, 0.717) is 18.4 Å². The second-order valence-electron chi connectivity index (χ2n) is 14.3. The number of thioether (sulfide) groups is 1. The van der Waals surface area contributed by atoms with Gasteiger partial charge in [-0.1, -0.05) is 18.2 Å². The van der Waals surface area contributed by atoms with Crippen LogP contribution in [0.3, 0.4) is 0 Å². The van der Waals surface area contributed by atoms with Crippen molar-refractivity contribution in [3.05, 3.63) is 36.0 Å². The number of primary amides is 2. The van der Waals surface area contributed by atoms with Gasteiger partial charge in [0.1, 0.15) is 30.2 Å². The van der Waals surface area contributed by atoms with Gasteiger partial charge in [0.2, 0.25) is 47.3 Å². The molecule has 0 spiro atoms. The molecule has 60 heavy (non-hydrogen) atoms. The van der Waals surface area contributed by atoms with Crippen molar-refractivity contribution in [1.29, 1.82) is 0 Å². The molecule has 0 saturated carbocycles. The molecule has 23 nitrogen and oxygen atoms in total. The molecule has 1 aromatic heterocycles. The Labute approximate surface area is 348 Å². The number of rotatable bonds is 21. The summed E-state index contributed by atoms with van der Waals surface area (Å²) in [4.78, 5) is 118. The van der Waals surface area contributed by atoms with E-state index in [9.17, 15) is 38.4 Å². The number of benzene rings is 1. The van der Waals surface area contributed by atoms with E-state index in [0.717, 1.165) is 15.8 Å². The number of aromatic nitrogens is 1. The van der Waals surface area contributed by atoms with Crippen LogP contribution >= 0.6 is 11.8 Å². The third-order valence-electron chi connectivity index (χ3n) is 9.67. The molecule has 4 rings (SSSR count). The number of nitrogens with one attached hydrogen (secondary N) is 5. The third-order valence-corrected chi connectivity index (χ3v) is 11.0. The Kier molecular flexibility index (Phi) is 16.5. The van der Waals surface area contributed by atoms with Crippen LogP contribution in [0.25, 0.3) is 10.9 Å². The van der Waals surface area contributed by atoms with Crippen LogP contribution in [0.2, 0.25) is 0 Å². The topological polar surface area (TPSA) is 388 Å². The molecule has 2 saturated heterocycles. The van der Waals surface area contributed by atoms with Gasteiger partial charge in [0.25, 0.3) is 0 Å². The minimum absolute atomic E-state index is 0.0184. The highest BCUT2D eigenvalue weighted by atomic mass is 32.2. The van der Waals surface area contributed by atoms with Crippen LogP contribution in [0, 0.1) is 0 Å². The molecule has 0 radical (unpaired) electrons. The zero-order valence-electron chi connectivity index (χ0n) is 33.1. The summed E-state index contributed by atoms with van der Waals surface area (Å²) in [6.07, 6.45) is 2.00. The highest BCUT2D eigenvalue weighted by molar-refractivity contribution is 8.00. The van der Waals surface area contributed by atoms with Crippen LogP contribution in [-0.4, -0.2) is 141 Å². The summed E-state index contributed by atoms with van der Waals surface area (Å²) in [5.41, 5.74) is 33.9. The lowest BCUT2D eigenvalue weighted by molar-refractivity contribution is -0.157. The standard InChI is InChI=1S/C36H53N15O8S/c1-18(52)46-23(9-5-11-44-36(41)42)31(56)48-24(12-19-14-45-21-7-3-2-6-20(19)21)32(57)49-25-17-60-29-16-50(34(59)26(13-27(37)53)51(29)33(25)58)15-28(54)47-22(30(38)55)8-4-10-43-35(39)40/h2-3,6-7,14,22-26,29,45H,4-5,8-13,15-17H2,1H3,(H2,37,53)(H2,38,55)(H,46,52)(H,47,54)(H,48,56)(H,49,57)(H4,39,40,43)(H4,41,42,44)/t22-,23-,24-,25-,26+,29+/m0/s1. The summed E-state index contributed by atoms with van der Waals surface area (Å²) < 4.78 is 0. The number of guanidine groups is 2. The number of hydrogen-bond acceptors (Lipinski definition) is 11. The highest BCUT2D eigenvalue weighted by Gasteiger charge is 2.49. The summed E-state index contributed by atoms with van der Waals surface area (Å²) in [6.45, 7) is 0.974. The Balaban J connectivity index is 1.51. The molecule has 1 aromatic carbocycles. The van der Waals surface area contributed by atoms with Crippen LogP contribution in [-0.2, 0) is 44.8 Å². The number of aliphatic imine (C=N–C) groups is 2. The van der Waals surface area contributed by atoms with E-state index in [4.69, 9.17) is 34.4 Å². The van der Waals surface area contributed by atoms with E-state index >= 15 is 0 Å². The maximum absolute atomic E-state index is 14.2. The SMILES string of the molecule is CC(=O)N[C@@H](CCCN=C(N)N)C(=O)N[C@@H](Cc1c[nH]c2ccccc12)C(=O)N[C@H]1CS[C@@H]2CN(CC(=O)N[C@@H](CCCN=C(N)N)C(N)=O)C(=O)[C@@H](CC(N)=O)N2C1=O. The van der Waals surface area contributed by atoms with Gasteiger partial charge in [0.15, 0.2) is 11.9 Å². The molecule has 24 heteroatoms. The zero-order valence-corrected chi connectivity index (χ0v) is 33.9. The summed E-state index contributed by atoms with van der Waals surface area (Å²) in [5, 5.41) is 10.6. The lowest BCUT2D eigenvalue weighted by Gasteiger charge is -2.49. The number of para-hydroxylation sites is 1. The maximum Gasteiger partial charge on any atom is 0.247 e. The van der Waals surface area contributed by atoms with Crippen molar-refractivity contribution in [3.8, 4) is 0 Å². The van der Waals surface area contributed by atoms with E-state index < -0.39 is 95.8 Å². The second kappa shape index (κ2) is 21.4. The Bertz CT molecular complexity index is 2000. The third kappa shape index (κ3) is 13.0. The smallest absolute Gasteiger partial charge is 0.247 e. The first-order chi connectivity index (χ1) is 28.4. The zero-order chi connectivity index (χ0) is 44.1. The van der Waals surface area contributed by atoms with Crippen molar-refractivity contribution in [1.82, 2.24) is 36.1 Å². The van der Waals surface area contributed by atoms with Crippen LogP contribution in [0.15, 0.2) is 40.4 Å². The van der Waals surface area contributed by atoms with Crippen molar-refractivity contribution >= 4 is 81.8 Å². The minimum atomic E-state index is -1.42. The van der Waals surface area contributed by atoms with E-state index in [1.165, 1.54) is 23.6 Å². The Morgan fingerprint density at radius 3 is 2.12 bits per heavy atom. The number of carbonyl (C=O) groups is 8. The summed E-state index contributed by atoms with van der Waals surface area (Å²) in [6, 6.07) is 1.31. The van der Waals surface area contributed by atoms with Crippen molar-refractivity contribution in [2.24, 2.45) is 44.4 Å². The van der Waals surface area contributed by atoms with Gasteiger partial charge in [0, 0.05) is 49.3 Å². The van der Waals surface area contributed by atoms with Crippen molar-refractivity contribution < 1.29 is 38.4 Å². The fourth-order valence-electron chi connectivity index (χ4n) is 6.90.